The highest BCUT2D eigenvalue weighted by Gasteiger charge is 2.20. The van der Waals surface area contributed by atoms with Gasteiger partial charge in [0.15, 0.2) is 5.96 Å². The van der Waals surface area contributed by atoms with Crippen LogP contribution < -0.4 is 10.6 Å². The van der Waals surface area contributed by atoms with Gasteiger partial charge in [0.1, 0.15) is 0 Å². The first-order valence-corrected chi connectivity index (χ1v) is 7.38. The van der Waals surface area contributed by atoms with E-state index in [0.717, 1.165) is 18.4 Å². The Hall–Kier alpha value is 0. The number of hydrogen-bond acceptors (Lipinski definition) is 1. The van der Waals surface area contributed by atoms with Crippen LogP contribution in [0.2, 0.25) is 0 Å². The van der Waals surface area contributed by atoms with Crippen molar-refractivity contribution in [2.24, 2.45) is 16.3 Å². The Kier molecular flexibility index (Phi) is 9.03. The maximum absolute atomic E-state index is 4.28. The normalized spacial score (nSPS) is 17.6. The van der Waals surface area contributed by atoms with Crippen molar-refractivity contribution in [1.82, 2.24) is 10.6 Å². The molecule has 2 N–H and O–H groups in total. The summed E-state index contributed by atoms with van der Waals surface area (Å²) in [7, 11) is 1.85. The summed E-state index contributed by atoms with van der Waals surface area (Å²) in [5.41, 5.74) is 0.416. The second kappa shape index (κ2) is 9.03. The van der Waals surface area contributed by atoms with Gasteiger partial charge in [-0.2, -0.15) is 0 Å². The zero-order valence-corrected chi connectivity index (χ0v) is 15.6. The second-order valence-corrected chi connectivity index (χ2v) is 6.88. The minimum absolute atomic E-state index is 0. The highest BCUT2D eigenvalue weighted by Crippen LogP contribution is 2.31. The lowest BCUT2D eigenvalue weighted by Crippen LogP contribution is -2.42. The Morgan fingerprint density at radius 1 is 1.32 bits per heavy atom. The SMILES string of the molecule is CN=C(NCCC1CC1)NC(C)CCC(C)(C)C.I. The van der Waals surface area contributed by atoms with Gasteiger partial charge >= 0.3 is 0 Å². The van der Waals surface area contributed by atoms with E-state index in [0.29, 0.717) is 11.5 Å². The van der Waals surface area contributed by atoms with Gasteiger partial charge in [-0.25, -0.2) is 0 Å². The first kappa shape index (κ1) is 19.0. The van der Waals surface area contributed by atoms with Crippen LogP contribution in [0.4, 0.5) is 0 Å². The number of nitrogens with one attached hydrogen (secondary N) is 2. The van der Waals surface area contributed by atoms with Crippen LogP contribution in [-0.2, 0) is 0 Å². The molecular weight excluding hydrogens is 349 g/mol. The lowest BCUT2D eigenvalue weighted by Gasteiger charge is -2.23. The smallest absolute Gasteiger partial charge is 0.191 e. The van der Waals surface area contributed by atoms with Crippen LogP contribution >= 0.6 is 24.0 Å². The molecule has 1 fully saturated rings. The Morgan fingerprint density at radius 3 is 2.42 bits per heavy atom. The predicted octanol–water partition coefficient (Wildman–Crippen LogP) is 3.78. The van der Waals surface area contributed by atoms with Crippen LogP contribution in [-0.4, -0.2) is 25.6 Å². The van der Waals surface area contributed by atoms with Gasteiger partial charge in [0.05, 0.1) is 0 Å². The van der Waals surface area contributed by atoms with Crippen LogP contribution in [0, 0.1) is 11.3 Å². The minimum atomic E-state index is 0. The third kappa shape index (κ3) is 10.4. The van der Waals surface area contributed by atoms with Gasteiger partial charge in [-0.1, -0.05) is 33.6 Å². The fraction of sp³-hybridized carbons (Fsp3) is 0.933. The van der Waals surface area contributed by atoms with E-state index in [1.807, 2.05) is 7.05 Å². The Morgan fingerprint density at radius 2 is 1.95 bits per heavy atom. The largest absolute Gasteiger partial charge is 0.356 e. The zero-order chi connectivity index (χ0) is 13.6. The first-order chi connectivity index (χ1) is 8.40. The van der Waals surface area contributed by atoms with Crippen LogP contribution in [0.3, 0.4) is 0 Å². The van der Waals surface area contributed by atoms with E-state index in [4.69, 9.17) is 0 Å². The molecule has 0 aliphatic heterocycles. The number of rotatable bonds is 6. The van der Waals surface area contributed by atoms with Gasteiger partial charge in [0.25, 0.3) is 0 Å². The number of nitrogens with zero attached hydrogens (tertiary/aromatic N) is 1. The van der Waals surface area contributed by atoms with Crippen molar-refractivity contribution in [3.05, 3.63) is 0 Å². The Balaban J connectivity index is 0.00000324. The minimum Gasteiger partial charge on any atom is -0.356 e. The molecule has 114 valence electrons. The summed E-state index contributed by atoms with van der Waals surface area (Å²) in [6.45, 7) is 10.2. The van der Waals surface area contributed by atoms with Gasteiger partial charge in [-0.05, 0) is 37.5 Å². The third-order valence-corrected chi connectivity index (χ3v) is 3.48. The maximum atomic E-state index is 4.28. The van der Waals surface area contributed by atoms with E-state index in [9.17, 15) is 0 Å². The molecule has 1 rings (SSSR count). The summed E-state index contributed by atoms with van der Waals surface area (Å²) in [6.07, 6.45) is 6.57. The molecule has 1 unspecified atom stereocenters. The first-order valence-electron chi connectivity index (χ1n) is 7.38. The fourth-order valence-electron chi connectivity index (χ4n) is 1.95. The number of hydrogen-bond donors (Lipinski definition) is 2. The van der Waals surface area contributed by atoms with Crippen LogP contribution in [0.1, 0.15) is 59.8 Å². The summed E-state index contributed by atoms with van der Waals surface area (Å²) in [4.78, 5) is 4.28. The molecule has 0 radical (unpaired) electrons. The maximum Gasteiger partial charge on any atom is 0.191 e. The zero-order valence-electron chi connectivity index (χ0n) is 13.3. The molecule has 4 heteroatoms. The molecule has 0 aromatic rings. The molecule has 19 heavy (non-hydrogen) atoms. The van der Waals surface area contributed by atoms with Gasteiger partial charge in [-0.3, -0.25) is 4.99 Å². The summed E-state index contributed by atoms with van der Waals surface area (Å²) < 4.78 is 0. The van der Waals surface area contributed by atoms with E-state index < -0.39 is 0 Å². The number of aliphatic imine (C=N–C) groups is 1. The molecule has 3 nitrogen and oxygen atoms in total. The van der Waals surface area contributed by atoms with Crippen molar-refractivity contribution >= 4 is 29.9 Å². The molecule has 0 aromatic carbocycles. The lowest BCUT2D eigenvalue weighted by atomic mass is 9.89. The van der Waals surface area contributed by atoms with Crippen molar-refractivity contribution in [3.63, 3.8) is 0 Å². The standard InChI is InChI=1S/C15H31N3.HI/c1-12(8-10-15(2,3)4)18-14(16-5)17-11-9-13-6-7-13;/h12-13H,6-11H2,1-5H3,(H2,16,17,18);1H. The third-order valence-electron chi connectivity index (χ3n) is 3.48. The number of guanidine groups is 1. The van der Waals surface area contributed by atoms with Gasteiger partial charge in [-0.15, -0.1) is 24.0 Å². The quantitative estimate of drug-likeness (QED) is 0.417. The summed E-state index contributed by atoms with van der Waals surface area (Å²) in [5.74, 6) is 1.94. The second-order valence-electron chi connectivity index (χ2n) is 6.88. The molecule has 0 spiro atoms. The molecule has 1 aliphatic carbocycles. The van der Waals surface area contributed by atoms with E-state index in [1.54, 1.807) is 0 Å². The molecule has 0 bridgehead atoms. The number of halogens is 1. The fourth-order valence-corrected chi connectivity index (χ4v) is 1.95. The lowest BCUT2D eigenvalue weighted by molar-refractivity contribution is 0.346. The van der Waals surface area contributed by atoms with Crippen LogP contribution in [0.15, 0.2) is 4.99 Å². The van der Waals surface area contributed by atoms with Crippen molar-refractivity contribution in [2.45, 2.75) is 65.8 Å². The molecule has 1 aliphatic rings. The van der Waals surface area contributed by atoms with Crippen LogP contribution in [0.25, 0.3) is 0 Å². The summed E-state index contributed by atoms with van der Waals surface area (Å²) in [6, 6.07) is 0.483. The highest BCUT2D eigenvalue weighted by atomic mass is 127. The monoisotopic (exact) mass is 381 g/mol. The molecule has 1 saturated carbocycles. The Bertz CT molecular complexity index is 267. The summed E-state index contributed by atoms with van der Waals surface area (Å²) >= 11 is 0. The van der Waals surface area contributed by atoms with Gasteiger partial charge < -0.3 is 10.6 Å². The van der Waals surface area contributed by atoms with Gasteiger partial charge in [0, 0.05) is 19.6 Å². The average Bonchev–Trinajstić information content (AvgIpc) is 3.08. The topological polar surface area (TPSA) is 36.4 Å². The van der Waals surface area contributed by atoms with Crippen molar-refractivity contribution in [1.29, 1.82) is 0 Å². The molecule has 0 heterocycles. The highest BCUT2D eigenvalue weighted by molar-refractivity contribution is 14.0. The van der Waals surface area contributed by atoms with E-state index >= 15 is 0 Å². The molecule has 0 aromatic heterocycles. The molecule has 0 saturated heterocycles. The van der Waals surface area contributed by atoms with Crippen molar-refractivity contribution in [3.8, 4) is 0 Å². The Labute approximate surface area is 136 Å². The molecule has 0 amide bonds. The van der Waals surface area contributed by atoms with E-state index in [1.165, 1.54) is 32.1 Å². The molecule has 1 atom stereocenters. The van der Waals surface area contributed by atoms with Crippen LogP contribution in [0.5, 0.6) is 0 Å². The van der Waals surface area contributed by atoms with E-state index in [2.05, 4.69) is 43.3 Å². The van der Waals surface area contributed by atoms with Crippen molar-refractivity contribution < 1.29 is 0 Å². The summed E-state index contributed by atoms with van der Waals surface area (Å²) in [5, 5.41) is 6.88. The van der Waals surface area contributed by atoms with E-state index in [-0.39, 0.29) is 24.0 Å². The predicted molar refractivity (Wildman–Crippen MR) is 95.4 cm³/mol. The average molecular weight is 381 g/mol. The molecular formula is C15H32IN3. The van der Waals surface area contributed by atoms with Gasteiger partial charge in [0.2, 0.25) is 0 Å². The van der Waals surface area contributed by atoms with Crippen molar-refractivity contribution in [2.75, 3.05) is 13.6 Å².